The Labute approximate surface area is 174 Å². The molecule has 1 saturated heterocycles. The fourth-order valence-electron chi connectivity index (χ4n) is 3.20. The van der Waals surface area contributed by atoms with Crippen LogP contribution >= 0.6 is 11.6 Å². The molecule has 0 unspecified atom stereocenters. The van der Waals surface area contributed by atoms with Crippen LogP contribution in [0.1, 0.15) is 39.5 Å². The topological polar surface area (TPSA) is 117 Å². The van der Waals surface area contributed by atoms with E-state index in [0.717, 1.165) is 4.90 Å². The van der Waals surface area contributed by atoms with Crippen molar-refractivity contribution in [3.63, 3.8) is 0 Å². The van der Waals surface area contributed by atoms with Crippen molar-refractivity contribution in [1.29, 1.82) is 0 Å². The molecule has 10 heteroatoms. The van der Waals surface area contributed by atoms with Gasteiger partial charge in [-0.05, 0) is 25.0 Å². The minimum absolute atomic E-state index is 0.332. The maximum atomic E-state index is 12.7. The van der Waals surface area contributed by atoms with Crippen molar-refractivity contribution in [2.24, 2.45) is 0 Å². The summed E-state index contributed by atoms with van der Waals surface area (Å²) < 4.78 is 5.26. The van der Waals surface area contributed by atoms with Crippen molar-refractivity contribution in [3.05, 3.63) is 29.3 Å². The second kappa shape index (κ2) is 10.1. The van der Waals surface area contributed by atoms with E-state index in [1.165, 1.54) is 0 Å². The number of hydrogen-bond acceptors (Lipinski definition) is 5. The maximum absolute atomic E-state index is 12.7. The number of carbonyl (C=O) groups is 4. The van der Waals surface area contributed by atoms with E-state index in [9.17, 15) is 19.2 Å². The number of urea groups is 1. The van der Waals surface area contributed by atoms with Crippen LogP contribution in [0.25, 0.3) is 0 Å². The van der Waals surface area contributed by atoms with E-state index >= 15 is 0 Å². The van der Waals surface area contributed by atoms with Crippen LogP contribution in [0.15, 0.2) is 24.3 Å². The number of para-hydroxylation sites is 1. The molecular weight excluding hydrogens is 400 g/mol. The average Bonchev–Trinajstić information content (AvgIpc) is 2.90. The van der Waals surface area contributed by atoms with Gasteiger partial charge in [0, 0.05) is 0 Å². The minimum atomic E-state index is -0.965. The van der Waals surface area contributed by atoms with Gasteiger partial charge in [-0.25, -0.2) is 4.79 Å². The van der Waals surface area contributed by atoms with Crippen LogP contribution in [0, 0.1) is 0 Å². The third kappa shape index (κ3) is 5.60. The molecule has 0 bridgehead atoms. The summed E-state index contributed by atoms with van der Waals surface area (Å²) in [4.78, 5) is 49.7. The average molecular weight is 425 g/mol. The van der Waals surface area contributed by atoms with Gasteiger partial charge in [0.15, 0.2) is 6.61 Å². The van der Waals surface area contributed by atoms with E-state index in [4.69, 9.17) is 16.3 Å². The summed E-state index contributed by atoms with van der Waals surface area (Å²) >= 11 is 5.92. The van der Waals surface area contributed by atoms with E-state index in [1.54, 1.807) is 24.3 Å². The second-order valence-corrected chi connectivity index (χ2v) is 7.13. The molecule has 0 saturated carbocycles. The largest absolute Gasteiger partial charge is 0.482 e. The van der Waals surface area contributed by atoms with Crippen molar-refractivity contribution in [3.8, 4) is 5.75 Å². The van der Waals surface area contributed by atoms with Gasteiger partial charge in [-0.1, -0.05) is 50.4 Å². The number of hydrogen-bond donors (Lipinski definition) is 3. The Bertz CT molecular complexity index is 780. The number of nitrogens with zero attached hydrogens (tertiary/aromatic N) is 1. The number of amides is 5. The van der Waals surface area contributed by atoms with Gasteiger partial charge in [0.2, 0.25) is 0 Å². The molecule has 1 heterocycles. The van der Waals surface area contributed by atoms with Crippen LogP contribution in [-0.4, -0.2) is 47.3 Å². The molecule has 5 amide bonds. The molecule has 1 aromatic carbocycles. The molecule has 0 aromatic heterocycles. The molecule has 0 aliphatic carbocycles. The Morgan fingerprint density at radius 2 is 1.72 bits per heavy atom. The summed E-state index contributed by atoms with van der Waals surface area (Å²) in [6.07, 6.45) is 2.43. The van der Waals surface area contributed by atoms with Crippen molar-refractivity contribution in [2.75, 3.05) is 13.2 Å². The van der Waals surface area contributed by atoms with Crippen LogP contribution in [0.4, 0.5) is 4.79 Å². The van der Waals surface area contributed by atoms with Crippen molar-refractivity contribution >= 4 is 35.4 Å². The number of benzene rings is 1. The first-order chi connectivity index (χ1) is 13.8. The van der Waals surface area contributed by atoms with Crippen molar-refractivity contribution in [2.45, 2.75) is 45.1 Å². The number of carbonyl (C=O) groups excluding carboxylic acids is 4. The third-order valence-corrected chi connectivity index (χ3v) is 4.75. The Morgan fingerprint density at radius 3 is 2.34 bits per heavy atom. The molecule has 9 nitrogen and oxygen atoms in total. The summed E-state index contributed by atoms with van der Waals surface area (Å²) in [5, 5.41) is 3.07. The van der Waals surface area contributed by atoms with Crippen molar-refractivity contribution in [1.82, 2.24) is 21.1 Å². The predicted octanol–water partition coefficient (Wildman–Crippen LogP) is 1.76. The molecule has 0 atom stereocenters. The molecule has 29 heavy (non-hydrogen) atoms. The molecule has 1 aromatic rings. The standard InChI is InChI=1S/C19H25ClN4O5/c1-3-9-19(10-4-2)17(27)24(18(28)21-19)11-15(25)22-23-16(26)12-29-14-8-6-5-7-13(14)20/h5-8H,3-4,9-12H2,1-2H3,(H,21,28)(H,22,25)(H,23,26). The second-order valence-electron chi connectivity index (χ2n) is 6.72. The maximum Gasteiger partial charge on any atom is 0.325 e. The van der Waals surface area contributed by atoms with Gasteiger partial charge in [0.1, 0.15) is 17.8 Å². The number of rotatable bonds is 9. The van der Waals surface area contributed by atoms with Gasteiger partial charge in [-0.15, -0.1) is 0 Å². The van der Waals surface area contributed by atoms with Gasteiger partial charge in [-0.2, -0.15) is 0 Å². The first kappa shape index (κ1) is 22.5. The summed E-state index contributed by atoms with van der Waals surface area (Å²) in [6.45, 7) is 2.98. The van der Waals surface area contributed by atoms with E-state index in [1.807, 2.05) is 13.8 Å². The van der Waals surface area contributed by atoms with Crippen LogP contribution in [-0.2, 0) is 14.4 Å². The summed E-state index contributed by atoms with van der Waals surface area (Å²) in [6, 6.07) is 6.04. The van der Waals surface area contributed by atoms with Crippen LogP contribution < -0.4 is 20.9 Å². The minimum Gasteiger partial charge on any atom is -0.482 e. The van der Waals surface area contributed by atoms with Crippen LogP contribution in [0.2, 0.25) is 5.02 Å². The molecule has 1 aliphatic rings. The number of halogens is 1. The fourth-order valence-corrected chi connectivity index (χ4v) is 3.39. The smallest absolute Gasteiger partial charge is 0.325 e. The molecular formula is C19H25ClN4O5. The van der Waals surface area contributed by atoms with Gasteiger partial charge >= 0.3 is 6.03 Å². The van der Waals surface area contributed by atoms with Crippen LogP contribution in [0.5, 0.6) is 5.75 Å². The summed E-state index contributed by atoms with van der Waals surface area (Å²) in [7, 11) is 0. The zero-order valence-electron chi connectivity index (χ0n) is 16.4. The lowest BCUT2D eigenvalue weighted by molar-refractivity contribution is -0.136. The monoisotopic (exact) mass is 424 g/mol. The lowest BCUT2D eigenvalue weighted by atomic mass is 9.88. The Morgan fingerprint density at radius 1 is 1.10 bits per heavy atom. The third-order valence-electron chi connectivity index (χ3n) is 4.44. The Kier molecular flexibility index (Phi) is 7.83. The quantitative estimate of drug-likeness (QED) is 0.412. The predicted molar refractivity (Wildman–Crippen MR) is 106 cm³/mol. The highest BCUT2D eigenvalue weighted by molar-refractivity contribution is 6.32. The fraction of sp³-hybridized carbons (Fsp3) is 0.474. The zero-order valence-corrected chi connectivity index (χ0v) is 17.2. The molecule has 0 spiro atoms. The highest BCUT2D eigenvalue weighted by Crippen LogP contribution is 2.27. The van der Waals surface area contributed by atoms with E-state index < -0.39 is 35.8 Å². The Hall–Kier alpha value is -2.81. The van der Waals surface area contributed by atoms with Gasteiger partial charge < -0.3 is 10.1 Å². The van der Waals surface area contributed by atoms with E-state index in [0.29, 0.717) is 36.5 Å². The first-order valence-corrected chi connectivity index (χ1v) is 9.80. The van der Waals surface area contributed by atoms with Gasteiger partial charge in [0.05, 0.1) is 5.02 Å². The van der Waals surface area contributed by atoms with Crippen molar-refractivity contribution < 1.29 is 23.9 Å². The summed E-state index contributed by atoms with van der Waals surface area (Å²) in [5.74, 6) is -1.42. The highest BCUT2D eigenvalue weighted by Gasteiger charge is 2.50. The van der Waals surface area contributed by atoms with Gasteiger partial charge in [-0.3, -0.25) is 30.1 Å². The molecule has 1 aliphatic heterocycles. The number of ether oxygens (including phenoxy) is 1. The summed E-state index contributed by atoms with van der Waals surface area (Å²) in [5.41, 5.74) is 3.37. The highest BCUT2D eigenvalue weighted by atomic mass is 35.5. The van der Waals surface area contributed by atoms with Crippen LogP contribution in [0.3, 0.4) is 0 Å². The zero-order chi connectivity index (χ0) is 21.4. The lowest BCUT2D eigenvalue weighted by Crippen LogP contribution is -2.50. The van der Waals surface area contributed by atoms with Gasteiger partial charge in [0.25, 0.3) is 17.7 Å². The first-order valence-electron chi connectivity index (χ1n) is 9.42. The lowest BCUT2D eigenvalue weighted by Gasteiger charge is -2.25. The number of imide groups is 1. The van der Waals surface area contributed by atoms with E-state index in [2.05, 4.69) is 16.2 Å². The number of nitrogens with one attached hydrogen (secondary N) is 3. The molecule has 3 N–H and O–H groups in total. The molecule has 0 radical (unpaired) electrons. The SMILES string of the molecule is CCCC1(CCC)NC(=O)N(CC(=O)NNC(=O)COc2ccccc2Cl)C1=O. The molecule has 2 rings (SSSR count). The van der Waals surface area contributed by atoms with E-state index in [-0.39, 0.29) is 6.61 Å². The normalized spacial score (nSPS) is 15.1. The molecule has 1 fully saturated rings. The molecule has 158 valence electrons. The Balaban J connectivity index is 1.84. The number of hydrazine groups is 1.